The van der Waals surface area contributed by atoms with Crippen molar-refractivity contribution in [1.82, 2.24) is 5.32 Å². The molecule has 0 bridgehead atoms. The van der Waals surface area contributed by atoms with E-state index in [-0.39, 0.29) is 23.3 Å². The number of hydrogen-bond acceptors (Lipinski definition) is 5. The zero-order valence-corrected chi connectivity index (χ0v) is 20.8. The van der Waals surface area contributed by atoms with E-state index in [1.54, 1.807) is 79.9 Å². The van der Waals surface area contributed by atoms with Gasteiger partial charge in [0.25, 0.3) is 11.8 Å². The smallest absolute Gasteiger partial charge is 0.255 e. The Balaban J connectivity index is 1.79. The van der Waals surface area contributed by atoms with Gasteiger partial charge < -0.3 is 25.4 Å². The van der Waals surface area contributed by atoms with E-state index >= 15 is 0 Å². The van der Waals surface area contributed by atoms with E-state index in [2.05, 4.69) is 16.0 Å². The minimum Gasteiger partial charge on any atom is -0.497 e. The lowest BCUT2D eigenvalue weighted by Gasteiger charge is -2.24. The first-order valence-corrected chi connectivity index (χ1v) is 11.7. The number of hydrogen-bond donors (Lipinski definition) is 3. The molecule has 0 aliphatic heterocycles. The van der Waals surface area contributed by atoms with Crippen LogP contribution in [0, 0.1) is 5.92 Å². The average Bonchev–Trinajstić information content (AvgIpc) is 2.91. The number of rotatable bonds is 10. The lowest BCUT2D eigenvalue weighted by molar-refractivity contribution is -0.119. The van der Waals surface area contributed by atoms with E-state index in [0.717, 1.165) is 0 Å². The third kappa shape index (κ3) is 6.41. The lowest BCUT2D eigenvalue weighted by atomic mass is 9.97. The summed E-state index contributed by atoms with van der Waals surface area (Å²) in [5.74, 6) is -0.196. The maximum atomic E-state index is 13.3. The highest BCUT2D eigenvalue weighted by molar-refractivity contribution is 6.10. The summed E-state index contributed by atoms with van der Waals surface area (Å²) in [5, 5.41) is 8.49. The molecule has 2 atom stereocenters. The van der Waals surface area contributed by atoms with E-state index in [1.165, 1.54) is 7.11 Å². The number of methoxy groups -OCH3 is 2. The molecule has 0 aliphatic rings. The van der Waals surface area contributed by atoms with Crippen molar-refractivity contribution >= 4 is 29.1 Å². The minimum atomic E-state index is -0.808. The van der Waals surface area contributed by atoms with E-state index in [1.807, 2.05) is 13.8 Å². The van der Waals surface area contributed by atoms with Crippen molar-refractivity contribution in [2.24, 2.45) is 5.92 Å². The van der Waals surface area contributed by atoms with Gasteiger partial charge in [-0.1, -0.05) is 44.5 Å². The van der Waals surface area contributed by atoms with Gasteiger partial charge >= 0.3 is 0 Å². The SMILES string of the molecule is CCC(C)C(NC(=O)c1ccccc1NC(=O)c1ccc(OC)cc1)C(=O)Nc1ccccc1OC. The Kier molecular flexibility index (Phi) is 9.05. The molecule has 2 unspecified atom stereocenters. The molecule has 0 radical (unpaired) electrons. The van der Waals surface area contributed by atoms with Crippen LogP contribution in [-0.4, -0.2) is 38.0 Å². The summed E-state index contributed by atoms with van der Waals surface area (Å²) in [4.78, 5) is 39.3. The van der Waals surface area contributed by atoms with Crippen molar-refractivity contribution in [3.8, 4) is 11.5 Å². The van der Waals surface area contributed by atoms with Crippen LogP contribution in [0.2, 0.25) is 0 Å². The van der Waals surface area contributed by atoms with Gasteiger partial charge in [-0.15, -0.1) is 0 Å². The third-order valence-corrected chi connectivity index (χ3v) is 5.92. The van der Waals surface area contributed by atoms with Gasteiger partial charge in [-0.2, -0.15) is 0 Å². The van der Waals surface area contributed by atoms with Gasteiger partial charge in [0.05, 0.1) is 31.2 Å². The molecule has 3 N–H and O–H groups in total. The van der Waals surface area contributed by atoms with Crippen LogP contribution in [0.15, 0.2) is 72.8 Å². The van der Waals surface area contributed by atoms with Crippen LogP contribution in [0.5, 0.6) is 11.5 Å². The van der Waals surface area contributed by atoms with Crippen molar-refractivity contribution in [2.45, 2.75) is 26.3 Å². The molecule has 0 saturated carbocycles. The van der Waals surface area contributed by atoms with Gasteiger partial charge in [-0.3, -0.25) is 14.4 Å². The van der Waals surface area contributed by atoms with Gasteiger partial charge in [0, 0.05) is 5.56 Å². The molecule has 0 spiro atoms. The Morgan fingerprint density at radius 1 is 0.778 bits per heavy atom. The summed E-state index contributed by atoms with van der Waals surface area (Å²) in [6, 6.07) is 19.6. The highest BCUT2D eigenvalue weighted by atomic mass is 16.5. The predicted molar refractivity (Wildman–Crippen MR) is 140 cm³/mol. The zero-order valence-electron chi connectivity index (χ0n) is 20.8. The Morgan fingerprint density at radius 3 is 2.06 bits per heavy atom. The minimum absolute atomic E-state index is 0.148. The fraction of sp³-hybridized carbons (Fsp3) is 0.250. The molecule has 0 saturated heterocycles. The van der Waals surface area contributed by atoms with Crippen LogP contribution in [-0.2, 0) is 4.79 Å². The van der Waals surface area contributed by atoms with E-state index < -0.39 is 11.9 Å². The Labute approximate surface area is 211 Å². The summed E-state index contributed by atoms with van der Waals surface area (Å²) in [6.07, 6.45) is 0.667. The van der Waals surface area contributed by atoms with Crippen molar-refractivity contribution in [2.75, 3.05) is 24.9 Å². The van der Waals surface area contributed by atoms with Gasteiger partial charge in [0.1, 0.15) is 17.5 Å². The average molecular weight is 490 g/mol. The fourth-order valence-corrected chi connectivity index (χ4v) is 3.61. The van der Waals surface area contributed by atoms with Crippen molar-refractivity contribution in [3.63, 3.8) is 0 Å². The second-order valence-corrected chi connectivity index (χ2v) is 8.25. The number of benzene rings is 3. The van der Waals surface area contributed by atoms with Crippen molar-refractivity contribution in [1.29, 1.82) is 0 Å². The first kappa shape index (κ1) is 26.3. The summed E-state index contributed by atoms with van der Waals surface area (Å²) >= 11 is 0. The second-order valence-electron chi connectivity index (χ2n) is 8.25. The largest absolute Gasteiger partial charge is 0.497 e. The number of nitrogens with one attached hydrogen (secondary N) is 3. The topological polar surface area (TPSA) is 106 Å². The molecule has 3 rings (SSSR count). The Hall–Kier alpha value is -4.33. The van der Waals surface area contributed by atoms with Gasteiger partial charge in [0.15, 0.2) is 0 Å². The van der Waals surface area contributed by atoms with Gasteiger partial charge in [0.2, 0.25) is 5.91 Å². The van der Waals surface area contributed by atoms with Crippen molar-refractivity contribution in [3.05, 3.63) is 83.9 Å². The monoisotopic (exact) mass is 489 g/mol. The van der Waals surface area contributed by atoms with E-state index in [9.17, 15) is 14.4 Å². The zero-order chi connectivity index (χ0) is 26.1. The highest BCUT2D eigenvalue weighted by Gasteiger charge is 2.28. The standard InChI is InChI=1S/C28H31N3O5/c1-5-18(2)25(28(34)30-23-12-8-9-13-24(23)36-4)31-27(33)21-10-6-7-11-22(21)29-26(32)19-14-16-20(35-3)17-15-19/h6-18,25H,5H2,1-4H3,(H,29,32)(H,30,34)(H,31,33). The van der Waals surface area contributed by atoms with Crippen LogP contribution in [0.3, 0.4) is 0 Å². The maximum absolute atomic E-state index is 13.3. The molecule has 3 aromatic rings. The summed E-state index contributed by atoms with van der Waals surface area (Å²) in [6.45, 7) is 3.84. The number of carbonyl (C=O) groups is 3. The quantitative estimate of drug-likeness (QED) is 0.382. The predicted octanol–water partition coefficient (Wildman–Crippen LogP) is 4.74. The molecule has 8 nitrogen and oxygen atoms in total. The Morgan fingerprint density at radius 2 is 1.42 bits per heavy atom. The first-order chi connectivity index (χ1) is 17.4. The number of para-hydroxylation sites is 3. The van der Waals surface area contributed by atoms with E-state index in [4.69, 9.17) is 9.47 Å². The van der Waals surface area contributed by atoms with Gasteiger partial charge in [-0.05, 0) is 54.4 Å². The second kappa shape index (κ2) is 12.4. The molecular formula is C28H31N3O5. The molecule has 0 heterocycles. The fourth-order valence-electron chi connectivity index (χ4n) is 3.61. The third-order valence-electron chi connectivity index (χ3n) is 5.92. The molecule has 0 fully saturated rings. The summed E-state index contributed by atoms with van der Waals surface area (Å²) < 4.78 is 10.4. The number of carbonyl (C=O) groups excluding carboxylic acids is 3. The van der Waals surface area contributed by atoms with E-state index in [0.29, 0.717) is 34.9 Å². The van der Waals surface area contributed by atoms with Crippen LogP contribution in [0.1, 0.15) is 41.0 Å². The molecule has 0 aliphatic carbocycles. The summed E-state index contributed by atoms with van der Waals surface area (Å²) in [7, 11) is 3.07. The molecule has 188 valence electrons. The highest BCUT2D eigenvalue weighted by Crippen LogP contribution is 2.24. The van der Waals surface area contributed by atoms with Crippen molar-refractivity contribution < 1.29 is 23.9 Å². The molecular weight excluding hydrogens is 458 g/mol. The maximum Gasteiger partial charge on any atom is 0.255 e. The first-order valence-electron chi connectivity index (χ1n) is 11.7. The lowest BCUT2D eigenvalue weighted by Crippen LogP contribution is -2.47. The Bertz CT molecular complexity index is 1210. The van der Waals surface area contributed by atoms with Crippen LogP contribution >= 0.6 is 0 Å². The molecule has 8 heteroatoms. The van der Waals surface area contributed by atoms with Crippen LogP contribution in [0.25, 0.3) is 0 Å². The molecule has 36 heavy (non-hydrogen) atoms. The molecule has 0 aromatic heterocycles. The molecule has 3 amide bonds. The normalized spacial score (nSPS) is 12.1. The number of ether oxygens (including phenoxy) is 2. The van der Waals surface area contributed by atoms with Crippen LogP contribution in [0.4, 0.5) is 11.4 Å². The van der Waals surface area contributed by atoms with Gasteiger partial charge in [-0.25, -0.2) is 0 Å². The number of anilines is 2. The number of amides is 3. The summed E-state index contributed by atoms with van der Waals surface area (Å²) in [5.41, 5.74) is 1.51. The van der Waals surface area contributed by atoms with Crippen LogP contribution < -0.4 is 25.4 Å². The molecule has 3 aromatic carbocycles.